The number of benzene rings is 2. The molecular weight excluding hydrogens is 626 g/mol. The molecule has 2 aromatic carbocycles. The van der Waals surface area contributed by atoms with Crippen LogP contribution in [0, 0.1) is 13.8 Å². The van der Waals surface area contributed by atoms with Crippen molar-refractivity contribution in [3.63, 3.8) is 0 Å². The second-order valence-corrected chi connectivity index (χ2v) is 11.7. The van der Waals surface area contributed by atoms with Gasteiger partial charge in [-0.25, -0.2) is 14.4 Å². The van der Waals surface area contributed by atoms with Crippen molar-refractivity contribution in [1.29, 1.82) is 0 Å². The largest absolute Gasteiger partial charge is 0.464 e. The van der Waals surface area contributed by atoms with E-state index in [1.165, 1.54) is 21.0 Å². The third kappa shape index (κ3) is 7.62. The topological polar surface area (TPSA) is 160 Å². The number of carbonyl (C=O) groups is 5. The Kier molecular flexibility index (Phi) is 10.4. The Labute approximate surface area is 283 Å². The molecule has 3 aromatic heterocycles. The molecule has 49 heavy (non-hydrogen) atoms. The summed E-state index contributed by atoms with van der Waals surface area (Å²) in [6.45, 7) is 6.28. The van der Waals surface area contributed by atoms with Crippen LogP contribution < -0.4 is 0 Å². The highest BCUT2D eigenvalue weighted by molar-refractivity contribution is 6.02. The minimum atomic E-state index is -0.619. The maximum atomic E-state index is 13.1. The van der Waals surface area contributed by atoms with Gasteiger partial charge in [0.05, 0.1) is 7.11 Å². The Balaban J connectivity index is 1.47. The Bertz CT molecular complexity index is 1900. The van der Waals surface area contributed by atoms with Crippen molar-refractivity contribution in [2.45, 2.75) is 53.8 Å². The van der Waals surface area contributed by atoms with E-state index in [-0.39, 0.29) is 54.7 Å². The van der Waals surface area contributed by atoms with E-state index in [9.17, 15) is 24.0 Å². The summed E-state index contributed by atoms with van der Waals surface area (Å²) < 4.78 is 16.0. The van der Waals surface area contributed by atoms with E-state index in [1.54, 1.807) is 19.9 Å². The second kappa shape index (κ2) is 14.8. The predicted octanol–water partition coefficient (Wildman–Crippen LogP) is 6.38. The van der Waals surface area contributed by atoms with Crippen LogP contribution in [0.15, 0.2) is 66.7 Å². The summed E-state index contributed by atoms with van der Waals surface area (Å²) >= 11 is 0. The minimum Gasteiger partial charge on any atom is -0.464 e. The van der Waals surface area contributed by atoms with Gasteiger partial charge in [-0.05, 0) is 61.6 Å². The van der Waals surface area contributed by atoms with Crippen LogP contribution in [0.3, 0.4) is 0 Å². The molecule has 5 aromatic rings. The first-order chi connectivity index (χ1) is 23.5. The fourth-order valence-electron chi connectivity index (χ4n) is 5.98. The van der Waals surface area contributed by atoms with Gasteiger partial charge in [0.15, 0.2) is 11.6 Å². The number of rotatable bonds is 13. The van der Waals surface area contributed by atoms with Gasteiger partial charge in [-0.2, -0.15) is 0 Å². The normalized spacial score (nSPS) is 10.9. The highest BCUT2D eigenvalue weighted by Crippen LogP contribution is 2.28. The number of methoxy groups -OCH3 is 1. The molecule has 0 saturated carbocycles. The number of aromatic amines is 3. The Morgan fingerprint density at radius 1 is 0.592 bits per heavy atom. The van der Waals surface area contributed by atoms with Crippen molar-refractivity contribution in [3.8, 4) is 0 Å². The molecule has 0 spiro atoms. The Hall–Kier alpha value is -5.97. The summed E-state index contributed by atoms with van der Waals surface area (Å²) in [7, 11) is 1.26. The number of H-pyrrole nitrogens is 3. The number of carbonyl (C=O) groups excluding carboxylic acids is 5. The van der Waals surface area contributed by atoms with Crippen LogP contribution in [0.4, 0.5) is 0 Å². The molecule has 11 nitrogen and oxygen atoms in total. The fourth-order valence-corrected chi connectivity index (χ4v) is 5.98. The van der Waals surface area contributed by atoms with Gasteiger partial charge >= 0.3 is 17.9 Å². The molecule has 0 fully saturated rings. The van der Waals surface area contributed by atoms with Crippen molar-refractivity contribution in [2.75, 3.05) is 7.11 Å². The van der Waals surface area contributed by atoms with Gasteiger partial charge in [0.2, 0.25) is 0 Å². The van der Waals surface area contributed by atoms with E-state index in [0.717, 1.165) is 11.1 Å². The van der Waals surface area contributed by atoms with Crippen LogP contribution >= 0.6 is 0 Å². The molecule has 0 unspecified atom stereocenters. The first-order valence-corrected chi connectivity index (χ1v) is 15.6. The number of Topliss-reactive ketones (excluding diaryl/α,β-unsaturated/α-hetero) is 2. The lowest BCUT2D eigenvalue weighted by Crippen LogP contribution is -2.07. The zero-order valence-electron chi connectivity index (χ0n) is 27.9. The summed E-state index contributed by atoms with van der Waals surface area (Å²) in [6.07, 6.45) is 0.209. The first kappa shape index (κ1) is 34.4. The van der Waals surface area contributed by atoms with Gasteiger partial charge < -0.3 is 29.2 Å². The van der Waals surface area contributed by atoms with Crippen LogP contribution in [0.1, 0.15) is 111 Å². The summed E-state index contributed by atoms with van der Waals surface area (Å²) in [5.74, 6) is -2.36. The van der Waals surface area contributed by atoms with Crippen LogP contribution in [-0.4, -0.2) is 51.5 Å². The van der Waals surface area contributed by atoms with Gasteiger partial charge in [0.1, 0.15) is 30.3 Å². The van der Waals surface area contributed by atoms with Crippen LogP contribution in [0.5, 0.6) is 0 Å². The predicted molar refractivity (Wildman–Crippen MR) is 180 cm³/mol. The lowest BCUT2D eigenvalue weighted by Gasteiger charge is -2.07. The smallest absolute Gasteiger partial charge is 0.355 e. The number of aromatic nitrogens is 3. The molecule has 3 heterocycles. The SMILES string of the molecule is COC(=O)c1cc(Cc2[nH]c(C(=O)OCc3ccccc3)c(C)c2C(C)=O)c(Cc2[nH]c(C(=O)OCc3ccccc3)c(C)c2C(C)=O)[nH]1. The van der Waals surface area contributed by atoms with Gasteiger partial charge in [0.25, 0.3) is 0 Å². The third-order valence-corrected chi connectivity index (χ3v) is 8.31. The lowest BCUT2D eigenvalue weighted by molar-refractivity contribution is 0.0457. The molecule has 3 N–H and O–H groups in total. The standard InChI is InChI=1S/C38H37N3O8/c1-21-32(23(3)42)29(40-34(21)37(45)48-19-25-12-8-6-9-13-25)16-27-17-31(36(44)47-5)39-28(27)18-30-33(24(4)43)22(2)35(41-30)38(46)49-20-26-14-10-7-11-15-26/h6-15,17,39-41H,16,18-20H2,1-5H3. The third-order valence-electron chi connectivity index (χ3n) is 8.31. The van der Waals surface area contributed by atoms with Crippen molar-refractivity contribution >= 4 is 29.5 Å². The van der Waals surface area contributed by atoms with Crippen molar-refractivity contribution in [2.24, 2.45) is 0 Å². The molecule has 11 heteroatoms. The maximum Gasteiger partial charge on any atom is 0.355 e. The fraction of sp³-hybridized carbons (Fsp3) is 0.237. The van der Waals surface area contributed by atoms with E-state index >= 15 is 0 Å². The van der Waals surface area contributed by atoms with Crippen molar-refractivity contribution < 1.29 is 38.2 Å². The number of ether oxygens (including phenoxy) is 3. The highest BCUT2D eigenvalue weighted by atomic mass is 16.5. The van der Waals surface area contributed by atoms with E-state index in [4.69, 9.17) is 14.2 Å². The van der Waals surface area contributed by atoms with E-state index < -0.39 is 17.9 Å². The minimum absolute atomic E-state index is 0.0575. The molecule has 0 aliphatic heterocycles. The first-order valence-electron chi connectivity index (χ1n) is 15.6. The van der Waals surface area contributed by atoms with Crippen molar-refractivity contribution in [1.82, 2.24) is 15.0 Å². The van der Waals surface area contributed by atoms with Gasteiger partial charge in [-0.1, -0.05) is 60.7 Å². The van der Waals surface area contributed by atoms with E-state index in [0.29, 0.717) is 44.9 Å². The molecule has 0 aliphatic rings. The summed E-state index contributed by atoms with van der Waals surface area (Å²) in [4.78, 5) is 73.9. The number of esters is 3. The Morgan fingerprint density at radius 2 is 1.04 bits per heavy atom. The monoisotopic (exact) mass is 663 g/mol. The molecule has 0 saturated heterocycles. The average Bonchev–Trinajstić information content (AvgIpc) is 3.75. The zero-order chi connectivity index (χ0) is 35.2. The molecule has 5 rings (SSSR count). The number of hydrogen-bond acceptors (Lipinski definition) is 8. The molecule has 0 amide bonds. The average molecular weight is 664 g/mol. The molecular formula is C38H37N3O8. The van der Waals surface area contributed by atoms with Crippen LogP contribution in [0.2, 0.25) is 0 Å². The summed E-state index contributed by atoms with van der Waals surface area (Å²) in [5.41, 5.74) is 5.66. The summed E-state index contributed by atoms with van der Waals surface area (Å²) in [5, 5.41) is 0. The van der Waals surface area contributed by atoms with Gasteiger partial charge in [0, 0.05) is 41.1 Å². The molecule has 0 radical (unpaired) electrons. The quantitative estimate of drug-likeness (QED) is 0.0744. The van der Waals surface area contributed by atoms with E-state index in [1.807, 2.05) is 60.7 Å². The molecule has 0 aliphatic carbocycles. The lowest BCUT2D eigenvalue weighted by atomic mass is 9.99. The van der Waals surface area contributed by atoms with Gasteiger partial charge in [-0.15, -0.1) is 0 Å². The number of ketones is 2. The van der Waals surface area contributed by atoms with Gasteiger partial charge in [-0.3, -0.25) is 9.59 Å². The van der Waals surface area contributed by atoms with Crippen molar-refractivity contribution in [3.05, 3.63) is 140 Å². The summed E-state index contributed by atoms with van der Waals surface area (Å²) in [6, 6.07) is 20.1. The molecule has 252 valence electrons. The van der Waals surface area contributed by atoms with Crippen LogP contribution in [-0.2, 0) is 40.3 Å². The number of hydrogen-bond donors (Lipinski definition) is 3. The number of nitrogens with one attached hydrogen (secondary N) is 3. The highest BCUT2D eigenvalue weighted by Gasteiger charge is 2.27. The second-order valence-electron chi connectivity index (χ2n) is 11.7. The van der Waals surface area contributed by atoms with E-state index in [2.05, 4.69) is 15.0 Å². The van der Waals surface area contributed by atoms with Crippen LogP contribution in [0.25, 0.3) is 0 Å². The maximum absolute atomic E-state index is 13.1. The zero-order valence-corrected chi connectivity index (χ0v) is 27.9. The molecule has 0 atom stereocenters. The Morgan fingerprint density at radius 3 is 1.47 bits per heavy atom. The molecule has 0 bridgehead atoms.